The van der Waals surface area contributed by atoms with E-state index in [0.29, 0.717) is 0 Å². The van der Waals surface area contributed by atoms with Crippen molar-refractivity contribution in [2.75, 3.05) is 19.9 Å². The molecule has 0 aromatic heterocycles. The Hall–Kier alpha value is -1.61. The molecule has 3 aliphatic heterocycles. The van der Waals surface area contributed by atoms with E-state index in [2.05, 4.69) is 23.1 Å². The maximum absolute atomic E-state index is 5.49. The van der Waals surface area contributed by atoms with Gasteiger partial charge >= 0.3 is 0 Å². The molecule has 3 heterocycles. The van der Waals surface area contributed by atoms with Crippen molar-refractivity contribution < 1.29 is 4.74 Å². The van der Waals surface area contributed by atoms with Crippen molar-refractivity contribution in [2.24, 2.45) is 4.99 Å². The molecule has 3 aliphatic rings. The molecule has 0 N–H and O–H groups in total. The summed E-state index contributed by atoms with van der Waals surface area (Å²) in [4.78, 5) is 7.04. The topological polar surface area (TPSA) is 24.8 Å². The highest BCUT2D eigenvalue weighted by Gasteiger charge is 2.29. The molecule has 1 saturated heterocycles. The summed E-state index contributed by atoms with van der Waals surface area (Å²) in [5, 5.41) is 2.44. The molecule has 0 saturated carbocycles. The van der Waals surface area contributed by atoms with Crippen LogP contribution < -0.4 is 10.6 Å². The van der Waals surface area contributed by atoms with Crippen molar-refractivity contribution in [3.05, 3.63) is 46.2 Å². The number of rotatable bonds is 0. The Bertz CT molecular complexity index is 615. The lowest BCUT2D eigenvalue weighted by molar-refractivity contribution is 0.142. The molecule has 0 aliphatic carbocycles. The van der Waals surface area contributed by atoms with Gasteiger partial charge in [-0.25, -0.2) is 4.99 Å². The summed E-state index contributed by atoms with van der Waals surface area (Å²) in [5.41, 5.74) is 3.86. The molecule has 1 aromatic rings. The van der Waals surface area contributed by atoms with E-state index in [9.17, 15) is 0 Å². The summed E-state index contributed by atoms with van der Waals surface area (Å²) in [6, 6.07) is 8.41. The highest BCUT2D eigenvalue weighted by molar-refractivity contribution is 5.68. The van der Waals surface area contributed by atoms with Crippen molar-refractivity contribution >= 4 is 5.57 Å². The summed E-state index contributed by atoms with van der Waals surface area (Å²) in [7, 11) is 0. The molecule has 1 fully saturated rings. The second-order valence-electron chi connectivity index (χ2n) is 4.39. The van der Waals surface area contributed by atoms with Crippen LogP contribution in [0.1, 0.15) is 6.42 Å². The van der Waals surface area contributed by atoms with E-state index in [1.807, 2.05) is 6.07 Å². The van der Waals surface area contributed by atoms with Crippen molar-refractivity contribution in [2.45, 2.75) is 6.42 Å². The van der Waals surface area contributed by atoms with Crippen LogP contribution in [-0.2, 0) is 4.74 Å². The van der Waals surface area contributed by atoms with E-state index >= 15 is 0 Å². The largest absolute Gasteiger partial charge is 0.355 e. The number of hydrogen-bond acceptors (Lipinski definition) is 3. The zero-order chi connectivity index (χ0) is 10.5. The Kier molecular flexibility index (Phi) is 1.57. The van der Waals surface area contributed by atoms with Gasteiger partial charge in [0.25, 0.3) is 0 Å². The number of allylic oxidation sites excluding steroid dienone is 1. The maximum atomic E-state index is 5.49. The molecule has 0 radical (unpaired) electrons. The summed E-state index contributed by atoms with van der Waals surface area (Å²) < 4.78 is 5.49. The first-order valence-corrected chi connectivity index (χ1v) is 5.67. The van der Waals surface area contributed by atoms with Crippen molar-refractivity contribution in [3.63, 3.8) is 0 Å². The third-order valence-electron chi connectivity index (χ3n) is 3.52. The van der Waals surface area contributed by atoms with Gasteiger partial charge in [-0.2, -0.15) is 0 Å². The van der Waals surface area contributed by atoms with Gasteiger partial charge < -0.3 is 9.64 Å². The van der Waals surface area contributed by atoms with E-state index in [1.54, 1.807) is 0 Å². The molecular weight excluding hydrogens is 200 g/mol. The second kappa shape index (κ2) is 2.95. The smallest absolute Gasteiger partial charge is 0.119 e. The van der Waals surface area contributed by atoms with Gasteiger partial charge in [-0.3, -0.25) is 0 Å². The summed E-state index contributed by atoms with van der Waals surface area (Å²) in [6.45, 7) is 2.52. The fraction of sp³-hybridized carbons (Fsp3) is 0.308. The molecule has 1 aromatic carbocycles. The first-order chi connectivity index (χ1) is 7.93. The van der Waals surface area contributed by atoms with Gasteiger partial charge in [0, 0.05) is 11.8 Å². The Morgan fingerprint density at radius 2 is 2.19 bits per heavy atom. The third kappa shape index (κ3) is 0.985. The van der Waals surface area contributed by atoms with Crippen LogP contribution in [0.5, 0.6) is 0 Å². The van der Waals surface area contributed by atoms with Gasteiger partial charge in [0.05, 0.1) is 23.4 Å². The monoisotopic (exact) mass is 212 g/mol. The SMILES string of the molecule is c1ccc2c(c1)=NC1=C3COCN3CCC=21. The molecule has 80 valence electrons. The Labute approximate surface area is 93.4 Å². The van der Waals surface area contributed by atoms with Crippen LogP contribution in [0.4, 0.5) is 0 Å². The Morgan fingerprint density at radius 3 is 3.19 bits per heavy atom. The number of para-hydroxylation sites is 1. The summed E-state index contributed by atoms with van der Waals surface area (Å²) in [5.74, 6) is 0. The predicted molar refractivity (Wildman–Crippen MR) is 59.8 cm³/mol. The van der Waals surface area contributed by atoms with Crippen LogP contribution >= 0.6 is 0 Å². The third-order valence-corrected chi connectivity index (χ3v) is 3.52. The minimum absolute atomic E-state index is 0.719. The number of fused-ring (bicyclic) bond motifs is 3. The molecule has 16 heavy (non-hydrogen) atoms. The Balaban J connectivity index is 2.07. The second-order valence-corrected chi connectivity index (χ2v) is 4.39. The van der Waals surface area contributed by atoms with Crippen molar-refractivity contribution in [1.29, 1.82) is 0 Å². The molecule has 0 bridgehead atoms. The standard InChI is InChI=1S/C13H12N2O/c1-2-4-11-9(3-1)10-5-6-15-8-16-7-12(15)13(10)14-11/h1-4H,5-8H2. The average Bonchev–Trinajstić information content (AvgIpc) is 2.92. The minimum atomic E-state index is 0.719. The van der Waals surface area contributed by atoms with Crippen LogP contribution in [0.25, 0.3) is 5.57 Å². The van der Waals surface area contributed by atoms with Gasteiger partial charge in [-0.15, -0.1) is 0 Å². The molecule has 0 spiro atoms. The van der Waals surface area contributed by atoms with Crippen molar-refractivity contribution in [3.8, 4) is 0 Å². The molecule has 4 rings (SSSR count). The lowest BCUT2D eigenvalue weighted by atomic mass is 10.0. The number of benzene rings is 1. The summed E-state index contributed by atoms with van der Waals surface area (Å²) in [6.07, 6.45) is 1.09. The first kappa shape index (κ1) is 8.53. The van der Waals surface area contributed by atoms with Crippen LogP contribution in [0.2, 0.25) is 0 Å². The van der Waals surface area contributed by atoms with E-state index in [1.165, 1.54) is 22.2 Å². The molecule has 0 amide bonds. The number of nitrogens with zero attached hydrogens (tertiary/aromatic N) is 2. The molecule has 0 atom stereocenters. The highest BCUT2D eigenvalue weighted by Crippen LogP contribution is 2.32. The minimum Gasteiger partial charge on any atom is -0.355 e. The lowest BCUT2D eigenvalue weighted by Crippen LogP contribution is -2.27. The molecule has 0 unspecified atom stereocenters. The fourth-order valence-corrected chi connectivity index (χ4v) is 2.72. The number of ether oxygens (including phenoxy) is 1. The van der Waals surface area contributed by atoms with Gasteiger partial charge in [-0.05, 0) is 18.1 Å². The van der Waals surface area contributed by atoms with E-state index in [-0.39, 0.29) is 0 Å². The van der Waals surface area contributed by atoms with E-state index < -0.39 is 0 Å². The zero-order valence-corrected chi connectivity index (χ0v) is 8.94. The van der Waals surface area contributed by atoms with Crippen LogP contribution in [0, 0.1) is 0 Å². The molecule has 3 heteroatoms. The fourth-order valence-electron chi connectivity index (χ4n) is 2.72. The zero-order valence-electron chi connectivity index (χ0n) is 8.94. The van der Waals surface area contributed by atoms with Crippen molar-refractivity contribution in [1.82, 2.24) is 4.90 Å². The highest BCUT2D eigenvalue weighted by atomic mass is 16.5. The van der Waals surface area contributed by atoms with Gasteiger partial charge in [-0.1, -0.05) is 18.2 Å². The van der Waals surface area contributed by atoms with Crippen LogP contribution in [-0.4, -0.2) is 24.8 Å². The number of hydrogen-bond donors (Lipinski definition) is 0. The maximum Gasteiger partial charge on any atom is 0.119 e. The normalized spacial score (nSPS) is 21.8. The van der Waals surface area contributed by atoms with E-state index in [0.717, 1.165) is 31.7 Å². The molecular formula is C13H12N2O. The molecule has 3 nitrogen and oxygen atoms in total. The lowest BCUT2D eigenvalue weighted by Gasteiger charge is -2.25. The quantitative estimate of drug-likeness (QED) is 0.621. The predicted octanol–water partition coefficient (Wildman–Crippen LogP) is 0.375. The van der Waals surface area contributed by atoms with Gasteiger partial charge in [0.15, 0.2) is 0 Å². The van der Waals surface area contributed by atoms with Gasteiger partial charge in [0.2, 0.25) is 0 Å². The average molecular weight is 212 g/mol. The van der Waals surface area contributed by atoms with E-state index in [4.69, 9.17) is 9.73 Å². The summed E-state index contributed by atoms with van der Waals surface area (Å²) >= 11 is 0. The van der Waals surface area contributed by atoms with Crippen LogP contribution in [0.15, 0.2) is 40.7 Å². The van der Waals surface area contributed by atoms with Gasteiger partial charge in [0.1, 0.15) is 6.73 Å². The van der Waals surface area contributed by atoms with Crippen LogP contribution in [0.3, 0.4) is 0 Å². The first-order valence-electron chi connectivity index (χ1n) is 5.67. The Morgan fingerprint density at radius 1 is 1.25 bits per heavy atom.